The lowest BCUT2D eigenvalue weighted by atomic mass is 9.77. The molecule has 0 radical (unpaired) electrons. The summed E-state index contributed by atoms with van der Waals surface area (Å²) in [6.45, 7) is 6.99. The van der Waals surface area contributed by atoms with Crippen molar-refractivity contribution in [2.24, 2.45) is 23.2 Å². The van der Waals surface area contributed by atoms with Gasteiger partial charge in [-0.15, -0.1) is 0 Å². The number of hydrogen-bond donors (Lipinski definition) is 0. The van der Waals surface area contributed by atoms with Gasteiger partial charge in [0.05, 0.1) is 12.2 Å². The van der Waals surface area contributed by atoms with Crippen LogP contribution in [0.15, 0.2) is 0 Å². The molecular weight excluding hydrogens is 160 g/mol. The molecule has 1 unspecified atom stereocenters. The Morgan fingerprint density at radius 2 is 1.92 bits per heavy atom. The van der Waals surface area contributed by atoms with Gasteiger partial charge in [-0.1, -0.05) is 20.8 Å². The van der Waals surface area contributed by atoms with Gasteiger partial charge in [0, 0.05) is 0 Å². The summed E-state index contributed by atoms with van der Waals surface area (Å²) in [6, 6.07) is 0. The van der Waals surface area contributed by atoms with Crippen molar-refractivity contribution in [3.8, 4) is 0 Å². The minimum atomic E-state index is 0.362. The fourth-order valence-electron chi connectivity index (χ4n) is 4.01. The lowest BCUT2D eigenvalue weighted by Crippen LogP contribution is -2.37. The summed E-state index contributed by atoms with van der Waals surface area (Å²) >= 11 is 0. The second kappa shape index (κ2) is 2.31. The van der Waals surface area contributed by atoms with Gasteiger partial charge in [0.15, 0.2) is 0 Å². The van der Waals surface area contributed by atoms with Crippen LogP contribution < -0.4 is 0 Å². The van der Waals surface area contributed by atoms with E-state index in [0.29, 0.717) is 17.6 Å². The van der Waals surface area contributed by atoms with Crippen molar-refractivity contribution in [3.05, 3.63) is 0 Å². The van der Waals surface area contributed by atoms with Gasteiger partial charge in [-0.25, -0.2) is 0 Å². The van der Waals surface area contributed by atoms with E-state index in [1.54, 1.807) is 0 Å². The molecule has 4 bridgehead atoms. The van der Waals surface area contributed by atoms with E-state index in [1.165, 1.54) is 19.3 Å². The van der Waals surface area contributed by atoms with Gasteiger partial charge < -0.3 is 4.74 Å². The van der Waals surface area contributed by atoms with E-state index in [-0.39, 0.29) is 0 Å². The quantitative estimate of drug-likeness (QED) is 0.557. The SMILES string of the molecule is CC(C)(C)C1O[C@H]2C[C@@H]3CC[C@H]2[C@H]13. The standard InChI is InChI=1S/C12H20O/c1-12(2,3)11-10-7-4-5-8(10)9(6-7)13-11/h7-11H,4-6H2,1-3H3/t7-,8+,9-,10+,11?/m0/s1. The zero-order valence-corrected chi connectivity index (χ0v) is 8.92. The molecule has 1 heteroatoms. The van der Waals surface area contributed by atoms with E-state index in [0.717, 1.165) is 17.8 Å². The van der Waals surface area contributed by atoms with Crippen LogP contribution >= 0.6 is 0 Å². The molecule has 74 valence electrons. The van der Waals surface area contributed by atoms with Crippen LogP contribution in [-0.2, 0) is 4.74 Å². The topological polar surface area (TPSA) is 9.23 Å². The zero-order valence-electron chi connectivity index (χ0n) is 8.92. The molecule has 0 spiro atoms. The van der Waals surface area contributed by atoms with E-state index in [4.69, 9.17) is 4.74 Å². The summed E-state index contributed by atoms with van der Waals surface area (Å²) < 4.78 is 6.16. The average molecular weight is 180 g/mol. The van der Waals surface area contributed by atoms with Crippen LogP contribution in [0.25, 0.3) is 0 Å². The van der Waals surface area contributed by atoms with Gasteiger partial charge in [-0.3, -0.25) is 0 Å². The highest BCUT2D eigenvalue weighted by Gasteiger charge is 2.60. The van der Waals surface area contributed by atoms with Crippen LogP contribution in [0.5, 0.6) is 0 Å². The van der Waals surface area contributed by atoms with Crippen molar-refractivity contribution in [3.63, 3.8) is 0 Å². The van der Waals surface area contributed by atoms with Crippen LogP contribution in [0, 0.1) is 23.2 Å². The first kappa shape index (κ1) is 8.28. The minimum absolute atomic E-state index is 0.362. The molecule has 3 aliphatic rings. The van der Waals surface area contributed by atoms with Gasteiger partial charge in [0.2, 0.25) is 0 Å². The van der Waals surface area contributed by atoms with Gasteiger partial charge in [-0.05, 0) is 42.4 Å². The van der Waals surface area contributed by atoms with Gasteiger partial charge in [-0.2, -0.15) is 0 Å². The molecule has 1 heterocycles. The van der Waals surface area contributed by atoms with Crippen molar-refractivity contribution >= 4 is 0 Å². The molecule has 13 heavy (non-hydrogen) atoms. The van der Waals surface area contributed by atoms with Crippen molar-refractivity contribution in [1.82, 2.24) is 0 Å². The molecule has 0 aromatic rings. The van der Waals surface area contributed by atoms with E-state index >= 15 is 0 Å². The second-order valence-electron chi connectivity index (χ2n) is 6.28. The number of hydrogen-bond acceptors (Lipinski definition) is 1. The summed E-state index contributed by atoms with van der Waals surface area (Å²) in [5, 5.41) is 0. The fraction of sp³-hybridized carbons (Fsp3) is 1.00. The van der Waals surface area contributed by atoms with Crippen LogP contribution in [0.4, 0.5) is 0 Å². The molecule has 5 atom stereocenters. The van der Waals surface area contributed by atoms with Crippen LogP contribution in [0.3, 0.4) is 0 Å². The molecule has 1 saturated heterocycles. The first-order valence-electron chi connectivity index (χ1n) is 5.73. The van der Waals surface area contributed by atoms with E-state index in [2.05, 4.69) is 20.8 Å². The summed E-state index contributed by atoms with van der Waals surface area (Å²) in [5.74, 6) is 2.88. The summed E-state index contributed by atoms with van der Waals surface area (Å²) in [7, 11) is 0. The summed E-state index contributed by atoms with van der Waals surface area (Å²) in [6.07, 6.45) is 5.52. The third-order valence-corrected chi connectivity index (χ3v) is 4.45. The molecule has 3 rings (SSSR count). The maximum absolute atomic E-state index is 6.16. The van der Waals surface area contributed by atoms with E-state index in [1.807, 2.05) is 0 Å². The monoisotopic (exact) mass is 180 g/mol. The Morgan fingerprint density at radius 1 is 1.15 bits per heavy atom. The minimum Gasteiger partial charge on any atom is -0.374 e. The molecule has 2 aliphatic carbocycles. The predicted octanol–water partition coefficient (Wildman–Crippen LogP) is 2.85. The molecule has 1 nitrogen and oxygen atoms in total. The van der Waals surface area contributed by atoms with Crippen LogP contribution in [0.1, 0.15) is 40.0 Å². The maximum atomic E-state index is 6.16. The lowest BCUT2D eigenvalue weighted by molar-refractivity contribution is -0.0787. The summed E-state index contributed by atoms with van der Waals surface area (Å²) in [5.41, 5.74) is 0.362. The Bertz CT molecular complexity index is 228. The highest BCUT2D eigenvalue weighted by atomic mass is 16.5. The van der Waals surface area contributed by atoms with Crippen molar-refractivity contribution < 1.29 is 4.74 Å². The van der Waals surface area contributed by atoms with Crippen molar-refractivity contribution in [1.29, 1.82) is 0 Å². The first-order valence-corrected chi connectivity index (χ1v) is 5.73. The number of ether oxygens (including phenoxy) is 1. The highest BCUT2D eigenvalue weighted by molar-refractivity contribution is 5.08. The second-order valence-corrected chi connectivity index (χ2v) is 6.28. The molecule has 2 saturated carbocycles. The van der Waals surface area contributed by atoms with Gasteiger partial charge >= 0.3 is 0 Å². The smallest absolute Gasteiger partial charge is 0.0661 e. The molecule has 1 aliphatic heterocycles. The Morgan fingerprint density at radius 3 is 2.46 bits per heavy atom. The van der Waals surface area contributed by atoms with Crippen LogP contribution in [0.2, 0.25) is 0 Å². The molecule has 0 amide bonds. The largest absolute Gasteiger partial charge is 0.374 e. The van der Waals surface area contributed by atoms with E-state index < -0.39 is 0 Å². The van der Waals surface area contributed by atoms with Crippen LogP contribution in [-0.4, -0.2) is 12.2 Å². The molecule has 0 N–H and O–H groups in total. The van der Waals surface area contributed by atoms with Gasteiger partial charge in [0.1, 0.15) is 0 Å². The third-order valence-electron chi connectivity index (χ3n) is 4.45. The predicted molar refractivity (Wildman–Crippen MR) is 52.4 cm³/mol. The Kier molecular flexibility index (Phi) is 1.47. The van der Waals surface area contributed by atoms with Crippen molar-refractivity contribution in [2.75, 3.05) is 0 Å². The fourth-order valence-corrected chi connectivity index (χ4v) is 4.01. The van der Waals surface area contributed by atoms with Gasteiger partial charge in [0.25, 0.3) is 0 Å². The molecule has 0 aromatic carbocycles. The normalized spacial score (nSPS) is 53.3. The average Bonchev–Trinajstić information content (AvgIpc) is 2.65. The lowest BCUT2D eigenvalue weighted by Gasteiger charge is -2.36. The molecule has 3 fully saturated rings. The Hall–Kier alpha value is -0.0400. The molecule has 0 aromatic heterocycles. The first-order chi connectivity index (χ1) is 6.07. The Labute approximate surface area is 80.8 Å². The maximum Gasteiger partial charge on any atom is 0.0661 e. The molecular formula is C12H20O. The number of rotatable bonds is 0. The Balaban J connectivity index is 1.89. The van der Waals surface area contributed by atoms with Crippen molar-refractivity contribution in [2.45, 2.75) is 52.2 Å². The zero-order chi connectivity index (χ0) is 9.22. The highest BCUT2D eigenvalue weighted by Crippen LogP contribution is 2.60. The third kappa shape index (κ3) is 0.971. The summed E-state index contributed by atoms with van der Waals surface area (Å²) in [4.78, 5) is 0. The van der Waals surface area contributed by atoms with E-state index in [9.17, 15) is 0 Å².